The summed E-state index contributed by atoms with van der Waals surface area (Å²) in [6.45, 7) is 3.87. The van der Waals surface area contributed by atoms with Crippen LogP contribution in [-0.2, 0) is 4.79 Å². The highest BCUT2D eigenvalue weighted by Gasteiger charge is 2.10. The van der Waals surface area contributed by atoms with Crippen LogP contribution in [0.25, 0.3) is 0 Å². The van der Waals surface area contributed by atoms with E-state index in [1.54, 1.807) is 24.3 Å². The third kappa shape index (κ3) is 4.35. The van der Waals surface area contributed by atoms with Gasteiger partial charge in [0.15, 0.2) is 0 Å². The Morgan fingerprint density at radius 1 is 1.15 bits per heavy atom. The van der Waals surface area contributed by atoms with E-state index in [9.17, 15) is 9.59 Å². The van der Waals surface area contributed by atoms with E-state index in [-0.39, 0.29) is 5.91 Å². The number of nitrogens with zero attached hydrogens (tertiary/aromatic N) is 1. The van der Waals surface area contributed by atoms with Gasteiger partial charge in [-0.15, -0.1) is 0 Å². The van der Waals surface area contributed by atoms with E-state index in [0.717, 1.165) is 19.6 Å². The smallest absolute Gasteiger partial charge is 0.251 e. The van der Waals surface area contributed by atoms with Crippen molar-refractivity contribution in [1.82, 2.24) is 10.2 Å². The fourth-order valence-electron chi connectivity index (χ4n) is 2.40. The summed E-state index contributed by atoms with van der Waals surface area (Å²) in [5, 5.41) is 5.47. The Labute approximate surface area is 119 Å². The molecule has 0 radical (unpaired) electrons. The zero-order valence-electron chi connectivity index (χ0n) is 11.6. The molecule has 2 N–H and O–H groups in total. The number of amides is 2. The van der Waals surface area contributed by atoms with Gasteiger partial charge in [0.2, 0.25) is 6.41 Å². The molecule has 0 aromatic heterocycles. The summed E-state index contributed by atoms with van der Waals surface area (Å²) in [5.74, 6) is -0.0698. The maximum Gasteiger partial charge on any atom is 0.251 e. The Morgan fingerprint density at radius 3 is 2.50 bits per heavy atom. The molecule has 5 nitrogen and oxygen atoms in total. The van der Waals surface area contributed by atoms with Crippen molar-refractivity contribution in [3.63, 3.8) is 0 Å². The quantitative estimate of drug-likeness (QED) is 0.773. The summed E-state index contributed by atoms with van der Waals surface area (Å²) >= 11 is 0. The van der Waals surface area contributed by atoms with Gasteiger partial charge in [-0.1, -0.05) is 6.42 Å². The van der Waals surface area contributed by atoms with Crippen LogP contribution in [0, 0.1) is 0 Å². The fraction of sp³-hybridized carbons (Fsp3) is 0.467. The highest BCUT2D eigenvalue weighted by molar-refractivity contribution is 5.94. The topological polar surface area (TPSA) is 61.4 Å². The van der Waals surface area contributed by atoms with E-state index < -0.39 is 0 Å². The molecule has 0 spiro atoms. The summed E-state index contributed by atoms with van der Waals surface area (Å²) in [6.07, 6.45) is 4.47. The number of anilines is 1. The van der Waals surface area contributed by atoms with Crippen molar-refractivity contribution >= 4 is 18.0 Å². The highest BCUT2D eigenvalue weighted by Crippen LogP contribution is 2.09. The molecule has 1 aliphatic rings. The Morgan fingerprint density at radius 2 is 1.85 bits per heavy atom. The Bertz CT molecular complexity index is 439. The Hall–Kier alpha value is -1.88. The maximum absolute atomic E-state index is 11.9. The second-order valence-corrected chi connectivity index (χ2v) is 5.00. The van der Waals surface area contributed by atoms with Crippen molar-refractivity contribution in [2.24, 2.45) is 0 Å². The SMILES string of the molecule is O=CNc1ccc(C(=O)NCCN2CCCCC2)cc1. The Kier molecular flexibility index (Phi) is 5.55. The number of carbonyl (C=O) groups excluding carboxylic acids is 2. The summed E-state index contributed by atoms with van der Waals surface area (Å²) in [5.41, 5.74) is 1.30. The van der Waals surface area contributed by atoms with Crippen molar-refractivity contribution in [1.29, 1.82) is 0 Å². The van der Waals surface area contributed by atoms with Crippen LogP contribution in [0.4, 0.5) is 5.69 Å². The van der Waals surface area contributed by atoms with Crippen molar-refractivity contribution in [3.05, 3.63) is 29.8 Å². The molecule has 2 rings (SSSR count). The summed E-state index contributed by atoms with van der Waals surface area (Å²) in [4.78, 5) is 24.6. The van der Waals surface area contributed by atoms with Gasteiger partial charge < -0.3 is 15.5 Å². The maximum atomic E-state index is 11.9. The average molecular weight is 275 g/mol. The molecule has 0 aliphatic carbocycles. The van der Waals surface area contributed by atoms with Gasteiger partial charge in [0.1, 0.15) is 0 Å². The van der Waals surface area contributed by atoms with Crippen molar-refractivity contribution in [2.45, 2.75) is 19.3 Å². The van der Waals surface area contributed by atoms with Gasteiger partial charge in [0.05, 0.1) is 0 Å². The second-order valence-electron chi connectivity index (χ2n) is 5.00. The zero-order valence-corrected chi connectivity index (χ0v) is 11.6. The lowest BCUT2D eigenvalue weighted by Crippen LogP contribution is -2.37. The lowest BCUT2D eigenvalue weighted by Gasteiger charge is -2.26. The monoisotopic (exact) mass is 275 g/mol. The molecule has 0 atom stereocenters. The van der Waals surface area contributed by atoms with E-state index in [1.807, 2.05) is 0 Å². The van der Waals surface area contributed by atoms with Gasteiger partial charge in [0, 0.05) is 24.3 Å². The predicted octanol–water partition coefficient (Wildman–Crippen LogP) is 1.47. The van der Waals surface area contributed by atoms with Crippen molar-refractivity contribution < 1.29 is 9.59 Å². The first-order valence-corrected chi connectivity index (χ1v) is 7.10. The van der Waals surface area contributed by atoms with Crippen molar-refractivity contribution in [3.8, 4) is 0 Å². The van der Waals surface area contributed by atoms with Crippen LogP contribution in [0.2, 0.25) is 0 Å². The second kappa shape index (κ2) is 7.65. The molecule has 108 valence electrons. The number of carbonyl (C=O) groups is 2. The predicted molar refractivity (Wildman–Crippen MR) is 78.8 cm³/mol. The molecule has 20 heavy (non-hydrogen) atoms. The number of likely N-dealkylation sites (tertiary alicyclic amines) is 1. The number of hydrogen-bond acceptors (Lipinski definition) is 3. The minimum absolute atomic E-state index is 0.0698. The van der Waals surface area contributed by atoms with Crippen LogP contribution in [-0.4, -0.2) is 43.4 Å². The lowest BCUT2D eigenvalue weighted by molar-refractivity contribution is -0.105. The molecule has 1 aromatic carbocycles. The molecule has 1 heterocycles. The zero-order chi connectivity index (χ0) is 14.2. The number of benzene rings is 1. The number of nitrogens with one attached hydrogen (secondary N) is 2. The molecule has 0 bridgehead atoms. The lowest BCUT2D eigenvalue weighted by atomic mass is 10.1. The van der Waals surface area contributed by atoms with Crippen LogP contribution in [0.3, 0.4) is 0 Å². The van der Waals surface area contributed by atoms with Gasteiger partial charge in [-0.05, 0) is 50.2 Å². The van der Waals surface area contributed by atoms with Gasteiger partial charge in [-0.25, -0.2) is 0 Å². The molecule has 1 aromatic rings. The molecule has 5 heteroatoms. The molecule has 1 fully saturated rings. The van der Waals surface area contributed by atoms with Crippen LogP contribution >= 0.6 is 0 Å². The van der Waals surface area contributed by atoms with Gasteiger partial charge in [-0.2, -0.15) is 0 Å². The van der Waals surface area contributed by atoms with E-state index in [4.69, 9.17) is 0 Å². The molecule has 1 saturated heterocycles. The minimum atomic E-state index is -0.0698. The van der Waals surface area contributed by atoms with Crippen LogP contribution in [0.5, 0.6) is 0 Å². The van der Waals surface area contributed by atoms with E-state index in [0.29, 0.717) is 24.2 Å². The summed E-state index contributed by atoms with van der Waals surface area (Å²) in [6, 6.07) is 6.85. The molecule has 0 saturated carbocycles. The molecule has 2 amide bonds. The normalized spacial score (nSPS) is 15.6. The number of hydrogen-bond donors (Lipinski definition) is 2. The fourth-order valence-corrected chi connectivity index (χ4v) is 2.40. The van der Waals surface area contributed by atoms with E-state index >= 15 is 0 Å². The third-order valence-electron chi connectivity index (χ3n) is 3.53. The largest absolute Gasteiger partial charge is 0.351 e. The molecular weight excluding hydrogens is 254 g/mol. The molecule has 1 aliphatic heterocycles. The number of rotatable bonds is 6. The van der Waals surface area contributed by atoms with Crippen LogP contribution < -0.4 is 10.6 Å². The first-order chi connectivity index (χ1) is 9.79. The van der Waals surface area contributed by atoms with Gasteiger partial charge >= 0.3 is 0 Å². The Balaban J connectivity index is 1.74. The minimum Gasteiger partial charge on any atom is -0.351 e. The molecular formula is C15H21N3O2. The summed E-state index contributed by atoms with van der Waals surface area (Å²) < 4.78 is 0. The summed E-state index contributed by atoms with van der Waals surface area (Å²) in [7, 11) is 0. The average Bonchev–Trinajstić information content (AvgIpc) is 2.49. The third-order valence-corrected chi connectivity index (χ3v) is 3.53. The number of piperidine rings is 1. The standard InChI is InChI=1S/C15H21N3O2/c19-12-17-14-6-4-13(5-7-14)15(20)16-8-11-18-9-2-1-3-10-18/h4-7,12H,1-3,8-11H2,(H,16,20)(H,17,19). The first kappa shape index (κ1) is 14.5. The highest BCUT2D eigenvalue weighted by atomic mass is 16.1. The molecule has 0 unspecified atom stereocenters. The van der Waals surface area contributed by atoms with E-state index in [2.05, 4.69) is 15.5 Å². The first-order valence-electron chi connectivity index (χ1n) is 7.10. The van der Waals surface area contributed by atoms with Crippen LogP contribution in [0.1, 0.15) is 29.6 Å². The van der Waals surface area contributed by atoms with Crippen molar-refractivity contribution in [2.75, 3.05) is 31.5 Å². The van der Waals surface area contributed by atoms with E-state index in [1.165, 1.54) is 19.3 Å². The van der Waals surface area contributed by atoms with Gasteiger partial charge in [0.25, 0.3) is 5.91 Å². The van der Waals surface area contributed by atoms with Gasteiger partial charge in [-0.3, -0.25) is 9.59 Å². The van der Waals surface area contributed by atoms with Crippen LogP contribution in [0.15, 0.2) is 24.3 Å².